The quantitative estimate of drug-likeness (QED) is 0.102. The van der Waals surface area contributed by atoms with Crippen molar-refractivity contribution in [3.8, 4) is 0 Å². The van der Waals surface area contributed by atoms with E-state index in [1.807, 2.05) is 51.2 Å². The maximum Gasteiger partial charge on any atom is 0.333 e. The van der Waals surface area contributed by atoms with Gasteiger partial charge in [-0.15, -0.1) is 5.06 Å². The zero-order valence-corrected chi connectivity index (χ0v) is 47.9. The van der Waals surface area contributed by atoms with Crippen LogP contribution in [0.25, 0.3) is 0 Å². The van der Waals surface area contributed by atoms with Gasteiger partial charge in [0.15, 0.2) is 5.78 Å². The van der Waals surface area contributed by atoms with Crippen LogP contribution in [-0.2, 0) is 76.4 Å². The summed E-state index contributed by atoms with van der Waals surface area (Å²) in [5.41, 5.74) is 1.18. The molecular weight excluding hydrogens is 1020 g/mol. The van der Waals surface area contributed by atoms with Crippen molar-refractivity contribution in [2.45, 2.75) is 206 Å². The van der Waals surface area contributed by atoms with Gasteiger partial charge in [0.05, 0.1) is 31.2 Å². The first-order valence-corrected chi connectivity index (χ1v) is 28.2. The fraction of sp³-hybridized carbons (Fsp3) is 0.712. The molecule has 4 fully saturated rings. The number of allylic oxidation sites excluding steroid dienone is 6. The molecule has 1 saturated carbocycles. The van der Waals surface area contributed by atoms with Crippen LogP contribution in [0.2, 0.25) is 0 Å². The van der Waals surface area contributed by atoms with E-state index < -0.39 is 126 Å². The van der Waals surface area contributed by atoms with Gasteiger partial charge in [0, 0.05) is 71.3 Å². The number of esters is 2. The van der Waals surface area contributed by atoms with E-state index in [9.17, 15) is 53.4 Å². The maximum absolute atomic E-state index is 14.6. The lowest BCUT2D eigenvalue weighted by atomic mass is 9.78. The molecule has 4 aliphatic heterocycles. The molecule has 440 valence electrons. The van der Waals surface area contributed by atoms with E-state index in [0.29, 0.717) is 68.4 Å². The number of rotatable bonds is 11. The molecule has 79 heavy (non-hydrogen) atoms. The second-order valence-corrected chi connectivity index (χ2v) is 22.6. The number of methoxy groups -OCH3 is 3. The van der Waals surface area contributed by atoms with Crippen molar-refractivity contribution >= 4 is 53.0 Å². The predicted molar refractivity (Wildman–Crippen MR) is 285 cm³/mol. The first kappa shape index (κ1) is 64.6. The van der Waals surface area contributed by atoms with E-state index in [1.54, 1.807) is 40.9 Å². The summed E-state index contributed by atoms with van der Waals surface area (Å²) in [4.78, 5) is 126. The lowest BCUT2D eigenvalue weighted by molar-refractivity contribution is -0.265. The zero-order chi connectivity index (χ0) is 58.3. The Morgan fingerprint density at radius 3 is 2.16 bits per heavy atom. The van der Waals surface area contributed by atoms with Crippen molar-refractivity contribution in [1.82, 2.24) is 9.96 Å². The van der Waals surface area contributed by atoms with Crippen LogP contribution in [0.1, 0.15) is 151 Å². The van der Waals surface area contributed by atoms with E-state index in [2.05, 4.69) is 0 Å². The van der Waals surface area contributed by atoms with E-state index in [4.69, 9.17) is 33.3 Å². The number of hydroxylamine groups is 2. The average molecular weight is 1110 g/mol. The molecular formula is C59H86N2O18. The molecule has 2 N–H and O–H groups in total. The number of Topliss-reactive ketones (excluding diaryl/α,β-unsaturated/α-hetero) is 3. The van der Waals surface area contributed by atoms with E-state index >= 15 is 0 Å². The molecule has 3 amide bonds. The highest BCUT2D eigenvalue weighted by atomic mass is 16.7. The Bertz CT molecular complexity index is 2310. The van der Waals surface area contributed by atoms with Crippen molar-refractivity contribution in [2.75, 3.05) is 27.9 Å². The number of piperidine rings is 1. The number of nitrogens with zero attached hydrogens (tertiary/aromatic N) is 2. The average Bonchev–Trinajstić information content (AvgIpc) is 3.74. The molecule has 5 rings (SSSR count). The summed E-state index contributed by atoms with van der Waals surface area (Å²) in [6, 6.07) is -1.23. The van der Waals surface area contributed by atoms with Gasteiger partial charge < -0.3 is 48.4 Å². The Morgan fingerprint density at radius 2 is 1.49 bits per heavy atom. The molecule has 0 radical (unpaired) electrons. The minimum atomic E-state index is -2.49. The highest BCUT2D eigenvalue weighted by Gasteiger charge is 2.53. The fourth-order valence-electron chi connectivity index (χ4n) is 11.5. The summed E-state index contributed by atoms with van der Waals surface area (Å²) in [6.45, 7) is 12.4. The number of aliphatic hydroxyl groups excluding tert-OH is 1. The third-order valence-electron chi connectivity index (χ3n) is 16.5. The van der Waals surface area contributed by atoms with Crippen molar-refractivity contribution in [2.24, 2.45) is 35.5 Å². The number of carbonyl (C=O) groups excluding carboxylic acids is 9. The van der Waals surface area contributed by atoms with Gasteiger partial charge in [-0.25, -0.2) is 9.59 Å². The third kappa shape index (κ3) is 17.4. The molecule has 0 unspecified atom stereocenters. The van der Waals surface area contributed by atoms with Crippen LogP contribution in [0.3, 0.4) is 0 Å². The molecule has 20 heteroatoms. The van der Waals surface area contributed by atoms with Crippen LogP contribution >= 0.6 is 0 Å². The molecule has 0 aromatic carbocycles. The second-order valence-electron chi connectivity index (χ2n) is 22.6. The summed E-state index contributed by atoms with van der Waals surface area (Å²) in [5.74, 6) is -11.8. The van der Waals surface area contributed by atoms with Gasteiger partial charge in [-0.1, -0.05) is 71.1 Å². The smallest absolute Gasteiger partial charge is 0.333 e. The number of hydrogen-bond donors (Lipinski definition) is 2. The van der Waals surface area contributed by atoms with Crippen molar-refractivity contribution in [3.05, 3.63) is 47.6 Å². The van der Waals surface area contributed by atoms with Crippen molar-refractivity contribution in [3.63, 3.8) is 0 Å². The topological polar surface area (TPSA) is 265 Å². The molecule has 3 saturated heterocycles. The van der Waals surface area contributed by atoms with Crippen LogP contribution < -0.4 is 0 Å². The Balaban J connectivity index is 1.39. The fourth-order valence-corrected chi connectivity index (χ4v) is 11.5. The van der Waals surface area contributed by atoms with Gasteiger partial charge >= 0.3 is 17.9 Å². The van der Waals surface area contributed by atoms with Gasteiger partial charge in [-0.2, -0.15) is 0 Å². The van der Waals surface area contributed by atoms with Gasteiger partial charge in [0.2, 0.25) is 5.79 Å². The van der Waals surface area contributed by atoms with E-state index in [1.165, 1.54) is 14.2 Å². The van der Waals surface area contributed by atoms with E-state index in [0.717, 1.165) is 10.5 Å². The molecule has 5 aliphatic rings. The third-order valence-corrected chi connectivity index (χ3v) is 16.5. The van der Waals surface area contributed by atoms with Crippen LogP contribution in [0.15, 0.2) is 47.6 Å². The van der Waals surface area contributed by atoms with Gasteiger partial charge in [-0.3, -0.25) is 33.6 Å². The standard InChI is InChI=1S/C59H86N2O18/c1-34-16-12-11-13-17-35(2)46(73-8)32-42-21-19-40(7)59(72,78-42)56(69)57(70)60-27-15-14-18-43(60)58(71)77-47(33-44(62)36(3)29-39(6)54(68)55(75-10)53(67)38(5)28-34)37(4)30-41-20-22-45(48(31-41)74-9)76-51(65)25-26-52(66)79-61-49(63)23-24-50(61)64/h11-13,16-17,29,34,36-38,40-43,45-48,54-55,68,72H,14-15,18-28,30-33H2,1-10H3/b13-11?,16-12+,35-17?,39-29+/t34-,36-,37-,38-,40-,41+,42+,43+,45-,46+,47+,48-,54-,55+,59-/m1/s1. The van der Waals surface area contributed by atoms with Gasteiger partial charge in [0.1, 0.15) is 36.2 Å². The molecule has 15 atom stereocenters. The number of cyclic esters (lactones) is 1. The Hall–Kier alpha value is -5.25. The highest BCUT2D eigenvalue weighted by molar-refractivity contribution is 6.39. The maximum atomic E-state index is 14.6. The number of carbonyl (C=O) groups is 9. The molecule has 1 aliphatic carbocycles. The van der Waals surface area contributed by atoms with Crippen LogP contribution in [0, 0.1) is 35.5 Å². The first-order chi connectivity index (χ1) is 37.4. The number of imide groups is 1. The first-order valence-electron chi connectivity index (χ1n) is 28.2. The predicted octanol–water partition coefficient (Wildman–Crippen LogP) is 6.12. The summed E-state index contributed by atoms with van der Waals surface area (Å²) < 4.78 is 35.4. The lowest BCUT2D eigenvalue weighted by Crippen LogP contribution is -2.61. The summed E-state index contributed by atoms with van der Waals surface area (Å²) in [6.07, 6.45) is 8.35. The van der Waals surface area contributed by atoms with Crippen molar-refractivity contribution in [1.29, 1.82) is 0 Å². The lowest BCUT2D eigenvalue weighted by Gasteiger charge is -2.42. The van der Waals surface area contributed by atoms with Crippen molar-refractivity contribution < 1.29 is 86.6 Å². The van der Waals surface area contributed by atoms with E-state index in [-0.39, 0.29) is 68.5 Å². The normalized spacial score (nSPS) is 35.2. The van der Waals surface area contributed by atoms with Gasteiger partial charge in [0.25, 0.3) is 23.5 Å². The highest BCUT2D eigenvalue weighted by Crippen LogP contribution is 2.38. The second kappa shape index (κ2) is 30.0. The number of fused-ring (bicyclic) bond motifs is 3. The Morgan fingerprint density at radius 1 is 0.797 bits per heavy atom. The number of ether oxygens (including phenoxy) is 6. The zero-order valence-electron chi connectivity index (χ0n) is 47.9. The molecule has 0 aromatic rings. The molecule has 0 aromatic heterocycles. The van der Waals surface area contributed by atoms with Gasteiger partial charge in [-0.05, 0) is 107 Å². The molecule has 0 spiro atoms. The summed E-state index contributed by atoms with van der Waals surface area (Å²) in [7, 11) is 4.39. The van der Waals surface area contributed by atoms with Crippen LogP contribution in [0.4, 0.5) is 0 Å². The minimum absolute atomic E-state index is 0.0205. The summed E-state index contributed by atoms with van der Waals surface area (Å²) in [5, 5.41) is 24.0. The molecule has 2 bridgehead atoms. The Kier molecular flexibility index (Phi) is 24.5. The number of ketones is 3. The molecule has 20 nitrogen and oxygen atoms in total. The summed E-state index contributed by atoms with van der Waals surface area (Å²) >= 11 is 0. The number of hydrogen-bond acceptors (Lipinski definition) is 18. The van der Waals surface area contributed by atoms with Crippen LogP contribution in [-0.4, -0.2) is 156 Å². The largest absolute Gasteiger partial charge is 0.460 e. The minimum Gasteiger partial charge on any atom is -0.460 e. The van der Waals surface area contributed by atoms with Crippen LogP contribution in [0.5, 0.6) is 0 Å². The molecule has 4 heterocycles. The Labute approximate surface area is 464 Å². The SMILES string of the molecule is CO[C@H]1C[C@@H]2CC[C@@H](C)[C@@](O)(O2)C(=O)C(=O)N2CCCC[C@H]2C(=O)O[C@H]([C@H](C)C[C@@H]2CC[C@@H](OC(=O)CCC(=O)ON3C(=O)CCC3=O)[C@H](OC)C2)CC(=O)[C@H](C)/C=C(\C)[C@@H](O)[C@@H](OC)C(=O)[C@H](C)C[C@H](C)/C=C/C=CC=C1C. The number of amides is 3. The monoisotopic (exact) mass is 1110 g/mol. The number of aliphatic hydroxyl groups is 2.